The van der Waals surface area contributed by atoms with Crippen LogP contribution in [0, 0.1) is 6.92 Å². The Bertz CT molecular complexity index is 930. The van der Waals surface area contributed by atoms with Gasteiger partial charge in [0.1, 0.15) is 11.8 Å². The van der Waals surface area contributed by atoms with E-state index >= 15 is 0 Å². The van der Waals surface area contributed by atoms with Gasteiger partial charge in [-0.05, 0) is 56.2 Å². The largest absolute Gasteiger partial charge is 0.494 e. The van der Waals surface area contributed by atoms with E-state index in [2.05, 4.69) is 5.32 Å². The van der Waals surface area contributed by atoms with Gasteiger partial charge in [0.15, 0.2) is 0 Å². The summed E-state index contributed by atoms with van der Waals surface area (Å²) in [5, 5.41) is 3.22. The van der Waals surface area contributed by atoms with E-state index in [1.165, 1.54) is 0 Å². The third-order valence-corrected chi connectivity index (χ3v) is 5.85. The minimum absolute atomic E-state index is 0.280. The van der Waals surface area contributed by atoms with Crippen molar-refractivity contribution < 1.29 is 17.9 Å². The predicted octanol–water partition coefficient (Wildman–Crippen LogP) is 3.52. The van der Waals surface area contributed by atoms with E-state index in [9.17, 15) is 13.2 Å². The van der Waals surface area contributed by atoms with Crippen LogP contribution < -0.4 is 14.4 Å². The molecule has 1 amide bonds. The second-order valence-corrected chi connectivity index (χ2v) is 8.73. The number of hydrogen-bond acceptors (Lipinski definition) is 4. The van der Waals surface area contributed by atoms with Gasteiger partial charge in [0.25, 0.3) is 0 Å². The first-order valence-electron chi connectivity index (χ1n) is 8.88. The molecule has 0 saturated heterocycles. The number of anilines is 1. The summed E-state index contributed by atoms with van der Waals surface area (Å²) in [7, 11) is -3.69. The molecule has 152 valence electrons. The number of carbonyl (C=O) groups excluding carboxylic acids is 1. The molecule has 0 aliphatic rings. The van der Waals surface area contributed by atoms with Crippen molar-refractivity contribution in [1.29, 1.82) is 0 Å². The van der Waals surface area contributed by atoms with Crippen molar-refractivity contribution in [2.24, 2.45) is 0 Å². The van der Waals surface area contributed by atoms with Crippen molar-refractivity contribution >= 4 is 33.2 Å². The molecule has 0 radical (unpaired) electrons. The Morgan fingerprint density at radius 2 is 1.86 bits per heavy atom. The minimum atomic E-state index is -3.69. The molecule has 1 atom stereocenters. The van der Waals surface area contributed by atoms with Crippen molar-refractivity contribution in [2.75, 3.05) is 17.2 Å². The summed E-state index contributed by atoms with van der Waals surface area (Å²) in [5.74, 6) is 0.349. The van der Waals surface area contributed by atoms with Crippen molar-refractivity contribution in [3.8, 4) is 5.75 Å². The van der Waals surface area contributed by atoms with E-state index in [0.717, 1.165) is 27.4 Å². The molecule has 0 aliphatic heterocycles. The van der Waals surface area contributed by atoms with Crippen LogP contribution in [0.15, 0.2) is 42.5 Å². The number of sulfonamides is 1. The van der Waals surface area contributed by atoms with Crippen LogP contribution in [0.1, 0.15) is 25.0 Å². The fraction of sp³-hybridized carbons (Fsp3) is 0.350. The number of nitrogens with zero attached hydrogens (tertiary/aromatic N) is 1. The molecule has 0 fully saturated rings. The average molecular weight is 425 g/mol. The number of benzene rings is 2. The number of rotatable bonds is 8. The van der Waals surface area contributed by atoms with E-state index in [0.29, 0.717) is 17.3 Å². The molecule has 0 spiro atoms. The maximum atomic E-state index is 12.6. The Morgan fingerprint density at radius 1 is 1.21 bits per heavy atom. The third kappa shape index (κ3) is 5.62. The predicted molar refractivity (Wildman–Crippen MR) is 112 cm³/mol. The summed E-state index contributed by atoms with van der Waals surface area (Å²) in [6, 6.07) is 11.3. The topological polar surface area (TPSA) is 75.7 Å². The Balaban J connectivity index is 2.14. The second kappa shape index (κ2) is 9.30. The second-order valence-electron chi connectivity index (χ2n) is 6.46. The van der Waals surface area contributed by atoms with Crippen LogP contribution in [-0.4, -0.2) is 33.2 Å². The highest BCUT2D eigenvalue weighted by atomic mass is 35.5. The van der Waals surface area contributed by atoms with Gasteiger partial charge in [-0.1, -0.05) is 29.8 Å². The Morgan fingerprint density at radius 3 is 2.39 bits per heavy atom. The summed E-state index contributed by atoms with van der Waals surface area (Å²) >= 11 is 6.14. The number of nitrogens with one attached hydrogen (secondary N) is 1. The van der Waals surface area contributed by atoms with Gasteiger partial charge in [0, 0.05) is 11.6 Å². The monoisotopic (exact) mass is 424 g/mol. The first kappa shape index (κ1) is 22.0. The molecule has 28 heavy (non-hydrogen) atoms. The van der Waals surface area contributed by atoms with Crippen LogP contribution >= 0.6 is 11.6 Å². The van der Waals surface area contributed by atoms with E-state index in [1.54, 1.807) is 25.1 Å². The van der Waals surface area contributed by atoms with Crippen LogP contribution in [0.5, 0.6) is 5.75 Å². The standard InChI is InChI=1S/C20H25ClN2O4S/c1-5-27-18-10-7-16(8-11-18)13-22-20(24)15(3)23(28(4,25)26)17-9-6-14(2)19(21)12-17/h6-12,15H,5,13H2,1-4H3,(H,22,24). The number of amides is 1. The summed E-state index contributed by atoms with van der Waals surface area (Å²) in [6.07, 6.45) is 1.07. The van der Waals surface area contributed by atoms with Crippen molar-refractivity contribution in [3.63, 3.8) is 0 Å². The molecule has 2 rings (SSSR count). The maximum Gasteiger partial charge on any atom is 0.243 e. The van der Waals surface area contributed by atoms with Gasteiger partial charge in [-0.15, -0.1) is 0 Å². The van der Waals surface area contributed by atoms with Gasteiger partial charge in [-0.2, -0.15) is 0 Å². The number of ether oxygens (including phenoxy) is 1. The quantitative estimate of drug-likeness (QED) is 0.703. The fourth-order valence-electron chi connectivity index (χ4n) is 2.73. The van der Waals surface area contributed by atoms with Gasteiger partial charge in [-0.25, -0.2) is 8.42 Å². The number of aryl methyl sites for hydroxylation is 1. The van der Waals surface area contributed by atoms with Crippen LogP contribution in [0.25, 0.3) is 0 Å². The lowest BCUT2D eigenvalue weighted by Crippen LogP contribution is -2.47. The number of hydrogen-bond donors (Lipinski definition) is 1. The van der Waals surface area contributed by atoms with E-state index in [1.807, 2.05) is 38.1 Å². The van der Waals surface area contributed by atoms with Crippen molar-refractivity contribution in [2.45, 2.75) is 33.4 Å². The van der Waals surface area contributed by atoms with Gasteiger partial charge in [0.2, 0.25) is 15.9 Å². The first-order chi connectivity index (χ1) is 13.1. The molecule has 2 aromatic carbocycles. The van der Waals surface area contributed by atoms with E-state index in [4.69, 9.17) is 16.3 Å². The summed E-state index contributed by atoms with van der Waals surface area (Å²) in [6.45, 7) is 6.14. The third-order valence-electron chi connectivity index (χ3n) is 4.20. The summed E-state index contributed by atoms with van der Waals surface area (Å²) in [4.78, 5) is 12.6. The van der Waals surface area contributed by atoms with Crippen LogP contribution in [0.2, 0.25) is 5.02 Å². The smallest absolute Gasteiger partial charge is 0.243 e. The molecule has 1 unspecified atom stereocenters. The molecular formula is C20H25ClN2O4S. The van der Waals surface area contributed by atoms with E-state index < -0.39 is 22.0 Å². The zero-order valence-electron chi connectivity index (χ0n) is 16.4. The molecule has 0 aliphatic carbocycles. The van der Waals surface area contributed by atoms with Crippen LogP contribution in [-0.2, 0) is 21.4 Å². The molecule has 1 N–H and O–H groups in total. The molecule has 2 aromatic rings. The normalized spacial score (nSPS) is 12.3. The Labute approximate surface area is 171 Å². The number of halogens is 1. The highest BCUT2D eigenvalue weighted by molar-refractivity contribution is 7.92. The molecule has 6 nitrogen and oxygen atoms in total. The van der Waals surface area contributed by atoms with Crippen LogP contribution in [0.4, 0.5) is 5.69 Å². The minimum Gasteiger partial charge on any atom is -0.494 e. The average Bonchev–Trinajstić information content (AvgIpc) is 2.63. The lowest BCUT2D eigenvalue weighted by molar-refractivity contribution is -0.122. The number of carbonyl (C=O) groups is 1. The molecule has 0 bridgehead atoms. The van der Waals surface area contributed by atoms with E-state index in [-0.39, 0.29) is 6.54 Å². The highest BCUT2D eigenvalue weighted by Crippen LogP contribution is 2.26. The lowest BCUT2D eigenvalue weighted by atomic mass is 10.2. The molecule has 0 aromatic heterocycles. The van der Waals surface area contributed by atoms with Gasteiger partial charge >= 0.3 is 0 Å². The zero-order chi connectivity index (χ0) is 20.9. The molecular weight excluding hydrogens is 400 g/mol. The van der Waals surface area contributed by atoms with Crippen molar-refractivity contribution in [1.82, 2.24) is 5.32 Å². The molecule has 0 saturated carbocycles. The first-order valence-corrected chi connectivity index (χ1v) is 11.1. The zero-order valence-corrected chi connectivity index (χ0v) is 18.0. The lowest BCUT2D eigenvalue weighted by Gasteiger charge is -2.28. The van der Waals surface area contributed by atoms with Gasteiger partial charge < -0.3 is 10.1 Å². The fourth-order valence-corrected chi connectivity index (χ4v) is 4.08. The highest BCUT2D eigenvalue weighted by Gasteiger charge is 2.29. The molecule has 8 heteroatoms. The SMILES string of the molecule is CCOc1ccc(CNC(=O)C(C)N(c2ccc(C)c(Cl)c2)S(C)(=O)=O)cc1. The summed E-state index contributed by atoms with van der Waals surface area (Å²) in [5.41, 5.74) is 2.06. The maximum absolute atomic E-state index is 12.6. The van der Waals surface area contributed by atoms with Gasteiger partial charge in [-0.3, -0.25) is 9.10 Å². The Hall–Kier alpha value is -2.25. The molecule has 0 heterocycles. The van der Waals surface area contributed by atoms with Crippen LogP contribution in [0.3, 0.4) is 0 Å². The van der Waals surface area contributed by atoms with Crippen molar-refractivity contribution in [3.05, 3.63) is 58.6 Å². The van der Waals surface area contributed by atoms with Gasteiger partial charge in [0.05, 0.1) is 18.6 Å². The summed E-state index contributed by atoms with van der Waals surface area (Å²) < 4.78 is 31.1. The Kier molecular flexibility index (Phi) is 7.32.